The minimum Gasteiger partial charge on any atom is -0.388 e. The summed E-state index contributed by atoms with van der Waals surface area (Å²) in [4.78, 5) is 4.36. The number of rotatable bonds is 1. The van der Waals surface area contributed by atoms with E-state index in [1.165, 1.54) is 5.69 Å². The Kier molecular flexibility index (Phi) is 2.75. The molecule has 0 aromatic carbocycles. The predicted molar refractivity (Wildman–Crippen MR) is 75.4 cm³/mol. The van der Waals surface area contributed by atoms with E-state index in [1.54, 1.807) is 0 Å². The molecule has 100 valence electrons. The Morgan fingerprint density at radius 1 is 1.37 bits per heavy atom. The maximum Gasteiger partial charge on any atom is 0.0812 e. The van der Waals surface area contributed by atoms with Gasteiger partial charge in [-0.15, -0.1) is 0 Å². The van der Waals surface area contributed by atoms with Crippen molar-refractivity contribution in [2.45, 2.75) is 39.7 Å². The smallest absolute Gasteiger partial charge is 0.0812 e. The van der Waals surface area contributed by atoms with Crippen LogP contribution < -0.4 is 0 Å². The number of aromatic nitrogens is 2. The molecule has 0 amide bonds. The molecule has 2 heterocycles. The molecule has 0 saturated carbocycles. The van der Waals surface area contributed by atoms with Crippen LogP contribution in [-0.2, 0) is 6.42 Å². The van der Waals surface area contributed by atoms with Gasteiger partial charge < -0.3 is 9.67 Å². The van der Waals surface area contributed by atoms with E-state index >= 15 is 0 Å². The van der Waals surface area contributed by atoms with Crippen molar-refractivity contribution in [2.75, 3.05) is 0 Å². The third-order valence-corrected chi connectivity index (χ3v) is 4.02. The fraction of sp³-hybridized carbons (Fsp3) is 0.438. The van der Waals surface area contributed by atoms with Crippen LogP contribution in [0.2, 0.25) is 0 Å². The van der Waals surface area contributed by atoms with Crippen LogP contribution in [-0.4, -0.2) is 14.7 Å². The fourth-order valence-electron chi connectivity index (χ4n) is 3.09. The maximum atomic E-state index is 10.3. The molecule has 1 N–H and O–H groups in total. The number of aliphatic hydroxyl groups is 1. The molecule has 0 saturated heterocycles. The molecule has 3 heteroatoms. The summed E-state index contributed by atoms with van der Waals surface area (Å²) >= 11 is 0. The molecular formula is C16H20N2O. The van der Waals surface area contributed by atoms with Crippen LogP contribution in [0.15, 0.2) is 30.6 Å². The largest absolute Gasteiger partial charge is 0.388 e. The highest BCUT2D eigenvalue weighted by molar-refractivity contribution is 5.42. The van der Waals surface area contributed by atoms with Crippen molar-refractivity contribution in [1.82, 2.24) is 9.55 Å². The van der Waals surface area contributed by atoms with Crippen LogP contribution >= 0.6 is 0 Å². The first kappa shape index (κ1) is 12.4. The Balaban J connectivity index is 2.14. The van der Waals surface area contributed by atoms with Gasteiger partial charge in [-0.25, -0.2) is 0 Å². The lowest BCUT2D eigenvalue weighted by atomic mass is 9.75. The lowest BCUT2D eigenvalue weighted by molar-refractivity contribution is 0.0987. The monoisotopic (exact) mass is 256 g/mol. The lowest BCUT2D eigenvalue weighted by Gasteiger charge is -2.34. The second-order valence-electron chi connectivity index (χ2n) is 6.26. The van der Waals surface area contributed by atoms with Crippen LogP contribution in [0.3, 0.4) is 0 Å². The van der Waals surface area contributed by atoms with Crippen molar-refractivity contribution in [1.29, 1.82) is 0 Å². The van der Waals surface area contributed by atoms with Gasteiger partial charge >= 0.3 is 0 Å². The molecule has 2 aromatic rings. The van der Waals surface area contributed by atoms with Crippen molar-refractivity contribution < 1.29 is 5.11 Å². The zero-order chi connectivity index (χ0) is 13.6. The van der Waals surface area contributed by atoms with E-state index in [9.17, 15) is 5.11 Å². The highest BCUT2D eigenvalue weighted by Crippen LogP contribution is 2.41. The highest BCUT2D eigenvalue weighted by atomic mass is 16.3. The molecule has 0 fully saturated rings. The Bertz CT molecular complexity index is 613. The van der Waals surface area contributed by atoms with Gasteiger partial charge in [-0.3, -0.25) is 4.98 Å². The molecule has 3 nitrogen and oxygen atoms in total. The minimum atomic E-state index is -0.350. The summed E-state index contributed by atoms with van der Waals surface area (Å²) in [6.07, 6.45) is 5.33. The topological polar surface area (TPSA) is 38.0 Å². The van der Waals surface area contributed by atoms with Crippen molar-refractivity contribution in [3.05, 3.63) is 47.5 Å². The summed E-state index contributed by atoms with van der Waals surface area (Å²) in [6, 6.07) is 6.08. The first-order chi connectivity index (χ1) is 8.98. The first-order valence-corrected chi connectivity index (χ1v) is 6.78. The van der Waals surface area contributed by atoms with Crippen molar-refractivity contribution in [3.8, 4) is 5.69 Å². The number of aryl methyl sites for hydroxylation is 1. The van der Waals surface area contributed by atoms with E-state index in [0.29, 0.717) is 0 Å². The van der Waals surface area contributed by atoms with Gasteiger partial charge in [0.15, 0.2) is 0 Å². The summed E-state index contributed by atoms with van der Waals surface area (Å²) in [5, 5.41) is 10.3. The molecule has 1 aliphatic rings. The van der Waals surface area contributed by atoms with E-state index in [-0.39, 0.29) is 11.5 Å². The van der Waals surface area contributed by atoms with Crippen molar-refractivity contribution >= 4 is 0 Å². The minimum absolute atomic E-state index is 0.138. The lowest BCUT2D eigenvalue weighted by Crippen LogP contribution is -2.26. The highest BCUT2D eigenvalue weighted by Gasteiger charge is 2.33. The molecule has 2 aromatic heterocycles. The average molecular weight is 256 g/mol. The Hall–Kier alpha value is -1.61. The number of hydrogen-bond donors (Lipinski definition) is 1. The number of hydrogen-bond acceptors (Lipinski definition) is 2. The van der Waals surface area contributed by atoms with E-state index in [2.05, 4.69) is 35.7 Å². The molecule has 0 radical (unpaired) electrons. The van der Waals surface area contributed by atoms with Crippen LogP contribution in [0.4, 0.5) is 0 Å². The van der Waals surface area contributed by atoms with Gasteiger partial charge in [-0.1, -0.05) is 13.8 Å². The van der Waals surface area contributed by atoms with Gasteiger partial charge in [0.1, 0.15) is 0 Å². The fourth-order valence-corrected chi connectivity index (χ4v) is 3.09. The van der Waals surface area contributed by atoms with E-state index < -0.39 is 0 Å². The molecule has 0 bridgehead atoms. The Labute approximate surface area is 113 Å². The van der Waals surface area contributed by atoms with Gasteiger partial charge in [0, 0.05) is 23.7 Å². The molecule has 3 rings (SSSR count). The second-order valence-corrected chi connectivity index (χ2v) is 6.26. The SMILES string of the molecule is Cc1ncccc1-n1ccc2c1CC(C)(C)CC2O. The molecule has 1 unspecified atom stereocenters. The summed E-state index contributed by atoms with van der Waals surface area (Å²) in [5.74, 6) is 0. The molecule has 19 heavy (non-hydrogen) atoms. The van der Waals surface area contributed by atoms with Crippen LogP contribution in [0.25, 0.3) is 5.69 Å². The second kappa shape index (κ2) is 4.20. The standard InChI is InChI=1S/C16H20N2O/c1-11-13(5-4-7-17-11)18-8-6-12-14(18)9-16(2,3)10-15(12)19/h4-8,15,19H,9-10H2,1-3H3. The number of nitrogens with zero attached hydrogens (tertiary/aromatic N) is 2. The van der Waals surface area contributed by atoms with Crippen molar-refractivity contribution in [2.24, 2.45) is 5.41 Å². The molecule has 0 aliphatic heterocycles. The number of aliphatic hydroxyl groups excluding tert-OH is 1. The van der Waals surface area contributed by atoms with Crippen LogP contribution in [0, 0.1) is 12.3 Å². The molecular weight excluding hydrogens is 236 g/mol. The Morgan fingerprint density at radius 3 is 2.89 bits per heavy atom. The quantitative estimate of drug-likeness (QED) is 0.851. The average Bonchev–Trinajstić information content (AvgIpc) is 2.72. The number of pyridine rings is 1. The Morgan fingerprint density at radius 2 is 2.16 bits per heavy atom. The van der Waals surface area contributed by atoms with Gasteiger partial charge in [-0.05, 0) is 43.4 Å². The van der Waals surface area contributed by atoms with Crippen LogP contribution in [0.1, 0.15) is 43.3 Å². The van der Waals surface area contributed by atoms with E-state index in [4.69, 9.17) is 0 Å². The summed E-state index contributed by atoms with van der Waals surface area (Å²) < 4.78 is 2.18. The van der Waals surface area contributed by atoms with Gasteiger partial charge in [0.2, 0.25) is 0 Å². The van der Waals surface area contributed by atoms with Crippen molar-refractivity contribution in [3.63, 3.8) is 0 Å². The maximum absolute atomic E-state index is 10.3. The molecule has 0 spiro atoms. The summed E-state index contributed by atoms with van der Waals surface area (Å²) in [5.41, 5.74) is 4.55. The third-order valence-electron chi connectivity index (χ3n) is 4.02. The zero-order valence-electron chi connectivity index (χ0n) is 11.7. The van der Waals surface area contributed by atoms with E-state index in [0.717, 1.165) is 29.8 Å². The zero-order valence-corrected chi connectivity index (χ0v) is 11.7. The van der Waals surface area contributed by atoms with E-state index in [1.807, 2.05) is 25.3 Å². The van der Waals surface area contributed by atoms with Gasteiger partial charge in [0.25, 0.3) is 0 Å². The molecule has 1 aliphatic carbocycles. The summed E-state index contributed by atoms with van der Waals surface area (Å²) in [6.45, 7) is 6.45. The predicted octanol–water partition coefficient (Wildman–Crippen LogP) is 3.19. The van der Waals surface area contributed by atoms with Crippen LogP contribution in [0.5, 0.6) is 0 Å². The normalized spacial score (nSPS) is 21.2. The first-order valence-electron chi connectivity index (χ1n) is 6.78. The summed E-state index contributed by atoms with van der Waals surface area (Å²) in [7, 11) is 0. The third kappa shape index (κ3) is 2.08. The molecule has 1 atom stereocenters. The van der Waals surface area contributed by atoms with Gasteiger partial charge in [0.05, 0.1) is 17.5 Å². The van der Waals surface area contributed by atoms with Gasteiger partial charge in [-0.2, -0.15) is 0 Å². The number of fused-ring (bicyclic) bond motifs is 1.